The van der Waals surface area contributed by atoms with Crippen molar-refractivity contribution in [2.45, 2.75) is 6.42 Å². The molecule has 0 unspecified atom stereocenters. The highest BCUT2D eigenvalue weighted by Gasteiger charge is 2.13. The minimum Gasteiger partial charge on any atom is -0.493 e. The molecule has 1 aliphatic heterocycles. The van der Waals surface area contributed by atoms with E-state index < -0.39 is 0 Å². The smallest absolute Gasteiger partial charge is 0.185 e. The van der Waals surface area contributed by atoms with E-state index in [1.165, 1.54) is 20.3 Å². The van der Waals surface area contributed by atoms with Crippen molar-refractivity contribution < 1.29 is 23.7 Å². The molecule has 0 N–H and O–H groups in total. The highest BCUT2D eigenvalue weighted by Crippen LogP contribution is 2.36. The van der Waals surface area contributed by atoms with Gasteiger partial charge in [0.1, 0.15) is 0 Å². The topological polar surface area (TPSA) is 54.0 Å². The standard InChI is InChI=1S/C20H19ClO5/c1-23-19-11-13(10-15(21)20(19)24-2)4-6-16(22)14-5-7-17-18(12-14)26-9-3-8-25-17/h4-7,10-12H,3,8-9H2,1-2H3/b6-4+. The van der Waals surface area contributed by atoms with Gasteiger partial charge < -0.3 is 18.9 Å². The summed E-state index contributed by atoms with van der Waals surface area (Å²) in [6, 6.07) is 8.65. The Bertz CT molecular complexity index is 844. The third kappa shape index (κ3) is 3.94. The third-order valence-corrected chi connectivity index (χ3v) is 4.20. The second-order valence-corrected chi connectivity index (χ2v) is 6.06. The van der Waals surface area contributed by atoms with Gasteiger partial charge in [0.25, 0.3) is 0 Å². The minimum absolute atomic E-state index is 0.147. The lowest BCUT2D eigenvalue weighted by atomic mass is 10.1. The Hall–Kier alpha value is -2.66. The van der Waals surface area contributed by atoms with Gasteiger partial charge in [0.2, 0.25) is 0 Å². The molecular formula is C20H19ClO5. The van der Waals surface area contributed by atoms with Crippen molar-refractivity contribution in [2.24, 2.45) is 0 Å². The quantitative estimate of drug-likeness (QED) is 0.573. The van der Waals surface area contributed by atoms with E-state index in [4.69, 9.17) is 30.5 Å². The number of carbonyl (C=O) groups is 1. The Morgan fingerprint density at radius 2 is 1.85 bits per heavy atom. The van der Waals surface area contributed by atoms with Crippen LogP contribution in [0.2, 0.25) is 5.02 Å². The molecule has 1 heterocycles. The average molecular weight is 375 g/mol. The molecule has 0 atom stereocenters. The molecule has 0 aliphatic carbocycles. The van der Waals surface area contributed by atoms with Gasteiger partial charge in [-0.2, -0.15) is 0 Å². The van der Waals surface area contributed by atoms with Crippen molar-refractivity contribution in [1.29, 1.82) is 0 Å². The molecule has 2 aromatic rings. The predicted octanol–water partition coefficient (Wildman–Crippen LogP) is 4.41. The van der Waals surface area contributed by atoms with Gasteiger partial charge >= 0.3 is 0 Å². The summed E-state index contributed by atoms with van der Waals surface area (Å²) >= 11 is 6.19. The van der Waals surface area contributed by atoms with Crippen LogP contribution >= 0.6 is 11.6 Å². The maximum Gasteiger partial charge on any atom is 0.185 e. The van der Waals surface area contributed by atoms with Crippen molar-refractivity contribution >= 4 is 23.5 Å². The van der Waals surface area contributed by atoms with Crippen LogP contribution in [0.5, 0.6) is 23.0 Å². The molecule has 0 fully saturated rings. The summed E-state index contributed by atoms with van der Waals surface area (Å²) in [7, 11) is 3.05. The fourth-order valence-corrected chi connectivity index (χ4v) is 2.92. The first kappa shape index (κ1) is 18.1. The summed E-state index contributed by atoms with van der Waals surface area (Å²) in [4.78, 5) is 12.5. The van der Waals surface area contributed by atoms with Crippen molar-refractivity contribution in [3.63, 3.8) is 0 Å². The first-order valence-electron chi connectivity index (χ1n) is 8.16. The summed E-state index contributed by atoms with van der Waals surface area (Å²) in [5, 5.41) is 0.412. The number of halogens is 1. The molecule has 136 valence electrons. The number of hydrogen-bond acceptors (Lipinski definition) is 5. The first-order valence-corrected chi connectivity index (χ1v) is 8.53. The molecule has 2 aromatic carbocycles. The summed E-state index contributed by atoms with van der Waals surface area (Å²) in [5.41, 5.74) is 1.26. The second kappa shape index (κ2) is 8.15. The van der Waals surface area contributed by atoms with Crippen molar-refractivity contribution in [3.8, 4) is 23.0 Å². The van der Waals surface area contributed by atoms with Crippen LogP contribution in [0.15, 0.2) is 36.4 Å². The molecule has 26 heavy (non-hydrogen) atoms. The van der Waals surface area contributed by atoms with Gasteiger partial charge in [-0.3, -0.25) is 4.79 Å². The van der Waals surface area contributed by atoms with Crippen molar-refractivity contribution in [2.75, 3.05) is 27.4 Å². The number of methoxy groups -OCH3 is 2. The number of carbonyl (C=O) groups excluding carboxylic acids is 1. The van der Waals surface area contributed by atoms with E-state index in [1.54, 1.807) is 36.4 Å². The van der Waals surface area contributed by atoms with Crippen LogP contribution in [-0.2, 0) is 0 Å². The molecule has 0 bridgehead atoms. The molecule has 0 spiro atoms. The Balaban J connectivity index is 1.82. The maximum absolute atomic E-state index is 12.5. The second-order valence-electron chi connectivity index (χ2n) is 5.65. The van der Waals surface area contributed by atoms with E-state index in [-0.39, 0.29) is 5.78 Å². The molecule has 0 saturated heterocycles. The molecular weight excluding hydrogens is 356 g/mol. The first-order chi connectivity index (χ1) is 12.6. The number of fused-ring (bicyclic) bond motifs is 1. The normalized spacial score (nSPS) is 13.3. The van der Waals surface area contributed by atoms with E-state index >= 15 is 0 Å². The van der Waals surface area contributed by atoms with Gasteiger partial charge in [0.05, 0.1) is 32.5 Å². The maximum atomic E-state index is 12.5. The molecule has 0 aromatic heterocycles. The fourth-order valence-electron chi connectivity index (χ4n) is 2.62. The number of ether oxygens (including phenoxy) is 4. The van der Waals surface area contributed by atoms with E-state index in [0.717, 1.165) is 12.0 Å². The zero-order chi connectivity index (χ0) is 18.5. The van der Waals surface area contributed by atoms with Gasteiger partial charge in [-0.1, -0.05) is 17.7 Å². The minimum atomic E-state index is -0.147. The Morgan fingerprint density at radius 3 is 2.58 bits per heavy atom. The predicted molar refractivity (Wildman–Crippen MR) is 100.0 cm³/mol. The monoisotopic (exact) mass is 374 g/mol. The SMILES string of the molecule is COc1cc(/C=C/C(=O)c2ccc3c(c2)OCCCO3)cc(Cl)c1OC. The summed E-state index contributed by atoms with van der Waals surface area (Å²) < 4.78 is 21.7. The average Bonchev–Trinajstić information content (AvgIpc) is 2.90. The van der Waals surface area contributed by atoms with Crippen LogP contribution in [-0.4, -0.2) is 33.2 Å². The fraction of sp³-hybridized carbons (Fsp3) is 0.250. The van der Waals surface area contributed by atoms with E-state index in [2.05, 4.69) is 0 Å². The number of allylic oxidation sites excluding steroid dienone is 1. The van der Waals surface area contributed by atoms with Crippen LogP contribution in [0.1, 0.15) is 22.3 Å². The van der Waals surface area contributed by atoms with Crippen molar-refractivity contribution in [3.05, 3.63) is 52.6 Å². The van der Waals surface area contributed by atoms with Gasteiger partial charge in [-0.15, -0.1) is 0 Å². The summed E-state index contributed by atoms with van der Waals surface area (Å²) in [6.07, 6.45) is 3.98. The molecule has 3 rings (SSSR count). The molecule has 0 amide bonds. The van der Waals surface area contributed by atoms with Crippen LogP contribution < -0.4 is 18.9 Å². The highest BCUT2D eigenvalue weighted by atomic mass is 35.5. The molecule has 0 radical (unpaired) electrons. The van der Waals surface area contributed by atoms with E-state index in [0.29, 0.717) is 46.8 Å². The summed E-state index contributed by atoms with van der Waals surface area (Å²) in [6.45, 7) is 1.19. The van der Waals surface area contributed by atoms with Gasteiger partial charge in [0.15, 0.2) is 28.8 Å². The number of benzene rings is 2. The number of rotatable bonds is 5. The third-order valence-electron chi connectivity index (χ3n) is 3.92. The largest absolute Gasteiger partial charge is 0.493 e. The molecule has 1 aliphatic rings. The lowest BCUT2D eigenvalue weighted by Crippen LogP contribution is -1.98. The Kier molecular flexibility index (Phi) is 5.68. The molecule has 0 saturated carbocycles. The Labute approximate surface area is 157 Å². The summed E-state index contributed by atoms with van der Waals surface area (Å²) in [5.74, 6) is 2.07. The van der Waals surface area contributed by atoms with Crippen molar-refractivity contribution in [1.82, 2.24) is 0 Å². The lowest BCUT2D eigenvalue weighted by molar-refractivity contribution is 0.104. The zero-order valence-corrected chi connectivity index (χ0v) is 15.3. The van der Waals surface area contributed by atoms with Crippen LogP contribution in [0.3, 0.4) is 0 Å². The van der Waals surface area contributed by atoms with Crippen LogP contribution in [0, 0.1) is 0 Å². The lowest BCUT2D eigenvalue weighted by Gasteiger charge is -2.10. The van der Waals surface area contributed by atoms with E-state index in [9.17, 15) is 4.79 Å². The molecule has 6 heteroatoms. The number of hydrogen-bond donors (Lipinski definition) is 0. The zero-order valence-electron chi connectivity index (χ0n) is 14.6. The van der Waals surface area contributed by atoms with Gasteiger partial charge in [-0.25, -0.2) is 0 Å². The van der Waals surface area contributed by atoms with Crippen LogP contribution in [0.25, 0.3) is 6.08 Å². The van der Waals surface area contributed by atoms with Crippen LogP contribution in [0.4, 0.5) is 0 Å². The van der Waals surface area contributed by atoms with Gasteiger partial charge in [-0.05, 0) is 42.0 Å². The van der Waals surface area contributed by atoms with Gasteiger partial charge in [0, 0.05) is 12.0 Å². The van der Waals surface area contributed by atoms with E-state index in [1.807, 2.05) is 0 Å². The highest BCUT2D eigenvalue weighted by molar-refractivity contribution is 6.32. The number of ketones is 1. The molecule has 5 nitrogen and oxygen atoms in total. The Morgan fingerprint density at radius 1 is 1.08 bits per heavy atom.